The fraction of sp³-hybridized carbons (Fsp3) is 0.533. The van der Waals surface area contributed by atoms with Gasteiger partial charge in [0, 0.05) is 0 Å². The zero-order chi connectivity index (χ0) is 14.0. The van der Waals surface area contributed by atoms with Crippen molar-refractivity contribution in [1.82, 2.24) is 4.90 Å². The number of hydrogen-bond donors (Lipinski definition) is 0. The van der Waals surface area contributed by atoms with Gasteiger partial charge in [0.25, 0.3) is 0 Å². The van der Waals surface area contributed by atoms with Crippen molar-refractivity contribution in [1.29, 1.82) is 5.26 Å². The number of nitriles is 1. The molecule has 0 aliphatic carbocycles. The van der Waals surface area contributed by atoms with Gasteiger partial charge in [-0.05, 0) is 50.7 Å². The van der Waals surface area contributed by atoms with E-state index in [4.69, 9.17) is 9.47 Å². The average Bonchev–Trinajstić information content (AvgIpc) is 2.81. The standard InChI is InChI=1S/C15H20N2O2/c1-5-11(8-16)15(17(3)4)12-7-14-13(6-10(12)2)18-9-19-14/h6-7,11,15H,5,9H2,1-4H3. The maximum atomic E-state index is 9.36. The van der Waals surface area contributed by atoms with E-state index < -0.39 is 0 Å². The third-order valence-electron chi connectivity index (χ3n) is 3.62. The molecule has 1 heterocycles. The molecule has 0 saturated carbocycles. The molecule has 19 heavy (non-hydrogen) atoms. The van der Waals surface area contributed by atoms with E-state index in [1.807, 2.05) is 33.2 Å². The number of ether oxygens (including phenoxy) is 2. The normalized spacial score (nSPS) is 16.2. The van der Waals surface area contributed by atoms with Crippen LogP contribution in [0.2, 0.25) is 0 Å². The second kappa shape index (κ2) is 5.50. The highest BCUT2D eigenvalue weighted by Crippen LogP contribution is 2.39. The Hall–Kier alpha value is -1.73. The second-order valence-electron chi connectivity index (χ2n) is 5.11. The molecule has 4 heteroatoms. The first kappa shape index (κ1) is 13.7. The predicted molar refractivity (Wildman–Crippen MR) is 73.1 cm³/mol. The van der Waals surface area contributed by atoms with E-state index in [-0.39, 0.29) is 18.8 Å². The zero-order valence-corrected chi connectivity index (χ0v) is 11.9. The molecule has 2 rings (SSSR count). The first-order valence-electron chi connectivity index (χ1n) is 6.54. The molecule has 0 N–H and O–H groups in total. The van der Waals surface area contributed by atoms with Gasteiger partial charge in [-0.3, -0.25) is 0 Å². The largest absolute Gasteiger partial charge is 0.454 e. The summed E-state index contributed by atoms with van der Waals surface area (Å²) in [4.78, 5) is 2.10. The third-order valence-corrected chi connectivity index (χ3v) is 3.62. The van der Waals surface area contributed by atoms with Gasteiger partial charge in [0.15, 0.2) is 11.5 Å². The summed E-state index contributed by atoms with van der Waals surface area (Å²) in [6.45, 7) is 4.38. The molecule has 4 nitrogen and oxygen atoms in total. The molecule has 0 saturated heterocycles. The fourth-order valence-corrected chi connectivity index (χ4v) is 2.62. The van der Waals surface area contributed by atoms with Crippen molar-refractivity contribution in [3.8, 4) is 17.6 Å². The Morgan fingerprint density at radius 1 is 1.32 bits per heavy atom. The van der Waals surface area contributed by atoms with Crippen LogP contribution in [0.5, 0.6) is 11.5 Å². The number of benzene rings is 1. The second-order valence-corrected chi connectivity index (χ2v) is 5.11. The summed E-state index contributed by atoms with van der Waals surface area (Å²) in [6.07, 6.45) is 0.827. The summed E-state index contributed by atoms with van der Waals surface area (Å²) in [6, 6.07) is 6.50. The molecule has 0 spiro atoms. The fourth-order valence-electron chi connectivity index (χ4n) is 2.62. The van der Waals surface area contributed by atoms with Crippen LogP contribution in [0.1, 0.15) is 30.5 Å². The summed E-state index contributed by atoms with van der Waals surface area (Å²) < 4.78 is 10.8. The summed E-state index contributed by atoms with van der Waals surface area (Å²) in [5.41, 5.74) is 2.28. The maximum Gasteiger partial charge on any atom is 0.231 e. The molecule has 0 bridgehead atoms. The molecule has 1 aliphatic rings. The Morgan fingerprint density at radius 2 is 1.95 bits per heavy atom. The van der Waals surface area contributed by atoms with Gasteiger partial charge in [0.2, 0.25) is 6.79 Å². The molecule has 1 aromatic rings. The van der Waals surface area contributed by atoms with Gasteiger partial charge in [-0.25, -0.2) is 0 Å². The van der Waals surface area contributed by atoms with Gasteiger partial charge in [-0.15, -0.1) is 0 Å². The predicted octanol–water partition coefficient (Wildman–Crippen LogP) is 2.88. The van der Waals surface area contributed by atoms with E-state index in [2.05, 4.69) is 17.9 Å². The lowest BCUT2D eigenvalue weighted by atomic mass is 9.88. The van der Waals surface area contributed by atoms with E-state index in [9.17, 15) is 5.26 Å². The molecule has 0 fully saturated rings. The monoisotopic (exact) mass is 260 g/mol. The highest BCUT2D eigenvalue weighted by Gasteiger charge is 2.27. The first-order valence-corrected chi connectivity index (χ1v) is 6.54. The van der Waals surface area contributed by atoms with Gasteiger partial charge in [0.1, 0.15) is 0 Å². The first-order chi connectivity index (χ1) is 9.08. The number of hydrogen-bond acceptors (Lipinski definition) is 4. The molecule has 0 amide bonds. The number of aryl methyl sites for hydroxylation is 1. The van der Waals surface area contributed by atoms with E-state index in [0.29, 0.717) is 0 Å². The van der Waals surface area contributed by atoms with Crippen LogP contribution in [-0.4, -0.2) is 25.8 Å². The molecule has 2 atom stereocenters. The number of nitrogens with zero attached hydrogens (tertiary/aromatic N) is 2. The van der Waals surface area contributed by atoms with Crippen molar-refractivity contribution < 1.29 is 9.47 Å². The van der Waals surface area contributed by atoms with Gasteiger partial charge >= 0.3 is 0 Å². The lowest BCUT2D eigenvalue weighted by Gasteiger charge is -2.29. The molecule has 0 radical (unpaired) electrons. The van der Waals surface area contributed by atoms with Crippen LogP contribution in [0.3, 0.4) is 0 Å². The lowest BCUT2D eigenvalue weighted by molar-refractivity contribution is 0.173. The van der Waals surface area contributed by atoms with Crippen molar-refractivity contribution in [3.63, 3.8) is 0 Å². The Kier molecular flexibility index (Phi) is 3.96. The van der Waals surface area contributed by atoms with E-state index >= 15 is 0 Å². The molecule has 2 unspecified atom stereocenters. The van der Waals surface area contributed by atoms with Crippen LogP contribution in [0.25, 0.3) is 0 Å². The van der Waals surface area contributed by atoms with Crippen LogP contribution < -0.4 is 9.47 Å². The van der Waals surface area contributed by atoms with Crippen molar-refractivity contribution in [3.05, 3.63) is 23.3 Å². The van der Waals surface area contributed by atoms with Gasteiger partial charge in [-0.2, -0.15) is 5.26 Å². The van der Waals surface area contributed by atoms with Crippen molar-refractivity contribution >= 4 is 0 Å². The van der Waals surface area contributed by atoms with Gasteiger partial charge in [-0.1, -0.05) is 6.92 Å². The topological polar surface area (TPSA) is 45.5 Å². The summed E-state index contributed by atoms with van der Waals surface area (Å²) >= 11 is 0. The smallest absolute Gasteiger partial charge is 0.231 e. The van der Waals surface area contributed by atoms with Crippen molar-refractivity contribution in [2.75, 3.05) is 20.9 Å². The number of rotatable bonds is 4. The maximum absolute atomic E-state index is 9.36. The highest BCUT2D eigenvalue weighted by atomic mass is 16.7. The Labute approximate surface area is 114 Å². The summed E-state index contributed by atoms with van der Waals surface area (Å²) in [5.74, 6) is 1.54. The Morgan fingerprint density at radius 3 is 2.47 bits per heavy atom. The molecular weight excluding hydrogens is 240 g/mol. The van der Waals surface area contributed by atoms with E-state index in [0.717, 1.165) is 29.0 Å². The van der Waals surface area contributed by atoms with Crippen LogP contribution in [-0.2, 0) is 0 Å². The average molecular weight is 260 g/mol. The van der Waals surface area contributed by atoms with Gasteiger partial charge < -0.3 is 14.4 Å². The quantitative estimate of drug-likeness (QED) is 0.835. The highest BCUT2D eigenvalue weighted by molar-refractivity contribution is 5.49. The Balaban J connectivity index is 2.45. The SMILES string of the molecule is CCC(C#N)C(c1cc2c(cc1C)OCO2)N(C)C. The Bertz CT molecular complexity index is 506. The molecule has 102 valence electrons. The summed E-state index contributed by atoms with van der Waals surface area (Å²) in [5, 5.41) is 9.36. The molecule has 0 aromatic heterocycles. The van der Waals surface area contributed by atoms with E-state index in [1.54, 1.807) is 0 Å². The molecule has 1 aromatic carbocycles. The van der Waals surface area contributed by atoms with Crippen LogP contribution >= 0.6 is 0 Å². The van der Waals surface area contributed by atoms with Crippen LogP contribution in [0, 0.1) is 24.2 Å². The van der Waals surface area contributed by atoms with Crippen molar-refractivity contribution in [2.24, 2.45) is 5.92 Å². The molecular formula is C15H20N2O2. The minimum atomic E-state index is -0.0333. The van der Waals surface area contributed by atoms with Crippen molar-refractivity contribution in [2.45, 2.75) is 26.3 Å². The van der Waals surface area contributed by atoms with Crippen LogP contribution in [0.4, 0.5) is 0 Å². The summed E-state index contributed by atoms with van der Waals surface area (Å²) in [7, 11) is 4.02. The third kappa shape index (κ3) is 2.52. The number of fused-ring (bicyclic) bond motifs is 1. The van der Waals surface area contributed by atoms with Gasteiger partial charge in [0.05, 0.1) is 18.0 Å². The minimum Gasteiger partial charge on any atom is -0.454 e. The van der Waals surface area contributed by atoms with E-state index in [1.165, 1.54) is 0 Å². The van der Waals surface area contributed by atoms with Crippen LogP contribution in [0.15, 0.2) is 12.1 Å². The zero-order valence-electron chi connectivity index (χ0n) is 11.9. The minimum absolute atomic E-state index is 0.0333. The molecule has 1 aliphatic heterocycles. The lowest BCUT2D eigenvalue weighted by Crippen LogP contribution is -2.27.